The van der Waals surface area contributed by atoms with Gasteiger partial charge in [-0.05, 0) is 71.0 Å². The lowest BCUT2D eigenvalue weighted by Gasteiger charge is -2.44. The van der Waals surface area contributed by atoms with Gasteiger partial charge in [0.15, 0.2) is 0 Å². The number of hydrogen-bond donors (Lipinski definition) is 0. The van der Waals surface area contributed by atoms with Gasteiger partial charge in [-0.25, -0.2) is 0 Å². The van der Waals surface area contributed by atoms with Crippen molar-refractivity contribution in [2.75, 3.05) is 9.80 Å². The minimum absolute atomic E-state index is 0.126. The molecule has 218 valence electrons. The summed E-state index contributed by atoms with van der Waals surface area (Å²) in [6.07, 6.45) is 0. The second-order valence-corrected chi connectivity index (χ2v) is 14.6. The van der Waals surface area contributed by atoms with Crippen LogP contribution < -0.4 is 26.2 Å². The van der Waals surface area contributed by atoms with Gasteiger partial charge in [-0.1, -0.05) is 97.1 Å². The van der Waals surface area contributed by atoms with E-state index in [1.807, 2.05) is 22.7 Å². The topological polar surface area (TPSA) is 6.48 Å². The van der Waals surface area contributed by atoms with Crippen LogP contribution in [0.1, 0.15) is 0 Å². The molecular formula is C42H25BN2S2. The van der Waals surface area contributed by atoms with E-state index in [9.17, 15) is 0 Å². The molecule has 2 nitrogen and oxygen atoms in total. The number of thiophene rings is 2. The van der Waals surface area contributed by atoms with Gasteiger partial charge in [0.1, 0.15) is 0 Å². The number of hydrogen-bond acceptors (Lipinski definition) is 4. The molecule has 0 saturated heterocycles. The Labute approximate surface area is 280 Å². The minimum Gasteiger partial charge on any atom is -0.311 e. The first-order valence-electron chi connectivity index (χ1n) is 16.1. The van der Waals surface area contributed by atoms with Crippen LogP contribution in [-0.2, 0) is 0 Å². The fourth-order valence-electron chi connectivity index (χ4n) is 8.21. The fourth-order valence-corrected chi connectivity index (χ4v) is 10.5. The third-order valence-electron chi connectivity index (χ3n) is 10.1. The van der Waals surface area contributed by atoms with Crippen LogP contribution in [0.15, 0.2) is 152 Å². The number of anilines is 6. The van der Waals surface area contributed by atoms with Gasteiger partial charge in [0.2, 0.25) is 0 Å². The van der Waals surface area contributed by atoms with Crippen molar-refractivity contribution in [2.24, 2.45) is 0 Å². The van der Waals surface area contributed by atoms with Gasteiger partial charge in [-0.15, -0.1) is 22.7 Å². The summed E-state index contributed by atoms with van der Waals surface area (Å²) in [5.41, 5.74) is 11.5. The molecule has 0 radical (unpaired) electrons. The third-order valence-corrected chi connectivity index (χ3v) is 12.4. The highest BCUT2D eigenvalue weighted by molar-refractivity contribution is 7.26. The number of nitrogens with zero attached hydrogens (tertiary/aromatic N) is 2. The maximum Gasteiger partial charge on any atom is 0.252 e. The molecule has 11 rings (SSSR count). The summed E-state index contributed by atoms with van der Waals surface area (Å²) in [4.78, 5) is 5.08. The fraction of sp³-hybridized carbons (Fsp3) is 0. The van der Waals surface area contributed by atoms with Crippen molar-refractivity contribution >= 4 is 120 Å². The summed E-state index contributed by atoms with van der Waals surface area (Å²) >= 11 is 3.77. The van der Waals surface area contributed by atoms with E-state index in [2.05, 4.69) is 161 Å². The van der Waals surface area contributed by atoms with Crippen LogP contribution in [0.4, 0.5) is 34.1 Å². The van der Waals surface area contributed by atoms with Gasteiger partial charge in [-0.2, -0.15) is 0 Å². The van der Waals surface area contributed by atoms with E-state index in [1.165, 1.54) is 90.9 Å². The molecule has 47 heavy (non-hydrogen) atoms. The summed E-state index contributed by atoms with van der Waals surface area (Å²) in [6.45, 7) is 0.126. The predicted octanol–water partition coefficient (Wildman–Crippen LogP) is 10.5. The minimum atomic E-state index is 0.126. The average Bonchev–Trinajstić information content (AvgIpc) is 3.71. The van der Waals surface area contributed by atoms with Crippen LogP contribution >= 0.6 is 22.7 Å². The van der Waals surface area contributed by atoms with E-state index in [0.29, 0.717) is 0 Å². The number of fused-ring (bicyclic) bond motifs is 10. The van der Waals surface area contributed by atoms with Crippen molar-refractivity contribution in [1.82, 2.24) is 0 Å². The number of para-hydroxylation sites is 2. The first kappa shape index (κ1) is 25.8. The highest BCUT2D eigenvalue weighted by Crippen LogP contribution is 2.49. The zero-order chi connectivity index (χ0) is 30.6. The molecular weight excluding hydrogens is 607 g/mol. The molecule has 0 fully saturated rings. The molecule has 4 heterocycles. The van der Waals surface area contributed by atoms with Gasteiger partial charge >= 0.3 is 0 Å². The van der Waals surface area contributed by atoms with Crippen LogP contribution in [0.5, 0.6) is 0 Å². The molecule has 7 aromatic carbocycles. The predicted molar refractivity (Wildman–Crippen MR) is 206 cm³/mol. The smallest absolute Gasteiger partial charge is 0.252 e. The van der Waals surface area contributed by atoms with Gasteiger partial charge in [0.05, 0.1) is 16.1 Å². The van der Waals surface area contributed by atoms with Crippen molar-refractivity contribution in [3.8, 4) is 0 Å². The molecule has 5 heteroatoms. The lowest BCUT2D eigenvalue weighted by molar-refractivity contribution is 1.27. The van der Waals surface area contributed by atoms with E-state index in [1.54, 1.807) is 0 Å². The molecule has 0 spiro atoms. The Kier molecular flexibility index (Phi) is 5.26. The first-order chi connectivity index (χ1) is 23.3. The molecule has 0 unspecified atom stereocenters. The van der Waals surface area contributed by atoms with E-state index < -0.39 is 0 Å². The van der Waals surface area contributed by atoms with Crippen molar-refractivity contribution in [3.63, 3.8) is 0 Å². The number of benzene rings is 7. The lowest BCUT2D eigenvalue weighted by atomic mass is 9.33. The van der Waals surface area contributed by atoms with Gasteiger partial charge < -0.3 is 9.80 Å². The van der Waals surface area contributed by atoms with E-state index in [0.717, 1.165) is 0 Å². The largest absolute Gasteiger partial charge is 0.311 e. The maximum absolute atomic E-state index is 2.54. The van der Waals surface area contributed by atoms with Crippen molar-refractivity contribution in [1.29, 1.82) is 0 Å². The van der Waals surface area contributed by atoms with E-state index in [-0.39, 0.29) is 6.71 Å². The molecule has 0 aliphatic carbocycles. The van der Waals surface area contributed by atoms with Crippen molar-refractivity contribution < 1.29 is 0 Å². The second-order valence-electron chi connectivity index (χ2n) is 12.4. The van der Waals surface area contributed by atoms with Crippen molar-refractivity contribution in [2.45, 2.75) is 0 Å². The highest BCUT2D eigenvalue weighted by atomic mass is 32.1. The Balaban J connectivity index is 1.24. The van der Waals surface area contributed by atoms with Gasteiger partial charge in [0.25, 0.3) is 6.71 Å². The number of rotatable bonds is 2. The summed E-state index contributed by atoms with van der Waals surface area (Å²) < 4.78 is 5.28. The SMILES string of the molecule is c1ccc2c(c1)B1c3ccccc3N(c3cccc4sc5ccccc5c34)c3cccc(c31)N2c1cccc2c1sc1ccccc12. The molecule has 2 aliphatic rings. The molecule has 2 aromatic heterocycles. The summed E-state index contributed by atoms with van der Waals surface area (Å²) in [7, 11) is 0. The second kappa shape index (κ2) is 9.58. The summed E-state index contributed by atoms with van der Waals surface area (Å²) in [5.74, 6) is 0. The van der Waals surface area contributed by atoms with Crippen LogP contribution in [0.25, 0.3) is 40.3 Å². The Morgan fingerprint density at radius 2 is 0.851 bits per heavy atom. The summed E-state index contributed by atoms with van der Waals surface area (Å²) in [5, 5.41) is 5.28. The molecule has 0 saturated carbocycles. The maximum atomic E-state index is 2.54. The quantitative estimate of drug-likeness (QED) is 0.175. The molecule has 0 amide bonds. The Morgan fingerprint density at radius 3 is 1.62 bits per heavy atom. The lowest BCUT2D eigenvalue weighted by Crippen LogP contribution is -2.61. The molecule has 2 aliphatic heterocycles. The zero-order valence-electron chi connectivity index (χ0n) is 25.2. The van der Waals surface area contributed by atoms with E-state index >= 15 is 0 Å². The normalized spacial score (nSPS) is 13.4. The van der Waals surface area contributed by atoms with Crippen LogP contribution in [0, 0.1) is 0 Å². The molecule has 9 aromatic rings. The van der Waals surface area contributed by atoms with E-state index in [4.69, 9.17) is 0 Å². The zero-order valence-corrected chi connectivity index (χ0v) is 26.9. The standard InChI is InChI=1S/C42H25BN2S2/c1-7-23-37-26(12-1)27-14-9-22-36(42(27)47-37)45-32-18-6-4-16-30(32)43-29-15-3-5-17-31(29)44(34-20-10-21-35(45)41(34)43)33-19-11-25-39-40(33)28-13-2-8-24-38(28)46-39/h1-25H. The Hall–Kier alpha value is -5.36. The summed E-state index contributed by atoms with van der Waals surface area (Å²) in [6, 6.07) is 56.3. The Morgan fingerprint density at radius 1 is 0.362 bits per heavy atom. The first-order valence-corrected chi connectivity index (χ1v) is 17.7. The average molecular weight is 633 g/mol. The van der Waals surface area contributed by atoms with Gasteiger partial charge in [-0.3, -0.25) is 0 Å². The van der Waals surface area contributed by atoms with Crippen LogP contribution in [-0.4, -0.2) is 6.71 Å². The monoisotopic (exact) mass is 632 g/mol. The third kappa shape index (κ3) is 3.45. The Bertz CT molecular complexity index is 2740. The van der Waals surface area contributed by atoms with Crippen LogP contribution in [0.2, 0.25) is 0 Å². The highest BCUT2D eigenvalue weighted by Gasteiger charge is 2.43. The van der Waals surface area contributed by atoms with Crippen LogP contribution in [0.3, 0.4) is 0 Å². The van der Waals surface area contributed by atoms with Crippen molar-refractivity contribution in [3.05, 3.63) is 152 Å². The molecule has 0 N–H and O–H groups in total. The van der Waals surface area contributed by atoms with Gasteiger partial charge in [0, 0.05) is 58.4 Å². The molecule has 0 atom stereocenters. The molecule has 0 bridgehead atoms.